The monoisotopic (exact) mass is 562 g/mol. The minimum absolute atomic E-state index is 0.0741. The molecule has 1 fully saturated rings. The number of fused-ring (bicyclic) bond motifs is 1. The van der Waals surface area contributed by atoms with Crippen LogP contribution in [-0.4, -0.2) is 72.8 Å². The van der Waals surface area contributed by atoms with E-state index in [2.05, 4.69) is 32.5 Å². The number of ether oxygens (including phenoxy) is 3. The number of carbonyl (C=O) groups is 1. The van der Waals surface area contributed by atoms with E-state index < -0.39 is 11.6 Å². The summed E-state index contributed by atoms with van der Waals surface area (Å²) in [5.41, 5.74) is 3.05. The average Bonchev–Trinajstić information content (AvgIpc) is 2.92. The first kappa shape index (κ1) is 30.0. The van der Waals surface area contributed by atoms with Crippen molar-refractivity contribution in [1.29, 1.82) is 0 Å². The van der Waals surface area contributed by atoms with E-state index in [9.17, 15) is 4.79 Å². The standard InChI is InChI=1S/C31H42N6O4/c1-20-9-8-10-21(2)28(20)35-30(32-17-27(38)41-31(3,4)5)36-29-23-15-25(39-7)26(16-24(23)33-19-34-29)40-18-22-11-13-37(6)14-12-22/h8-10,15-16,19,22H,11-14,17-18H2,1-7H3,(H2,32,33,34,35,36). The number of para-hydroxylation sites is 1. The molecule has 220 valence electrons. The Labute approximate surface area is 242 Å². The molecule has 2 heterocycles. The Morgan fingerprint density at radius 3 is 2.46 bits per heavy atom. The highest BCUT2D eigenvalue weighted by Gasteiger charge is 2.20. The maximum absolute atomic E-state index is 12.5. The predicted molar refractivity (Wildman–Crippen MR) is 162 cm³/mol. The number of esters is 1. The van der Waals surface area contributed by atoms with Gasteiger partial charge in [0.1, 0.15) is 18.5 Å². The zero-order valence-electron chi connectivity index (χ0n) is 25.2. The molecule has 10 nitrogen and oxygen atoms in total. The first-order valence-electron chi connectivity index (χ1n) is 14.0. The summed E-state index contributed by atoms with van der Waals surface area (Å²) in [7, 11) is 3.77. The maximum atomic E-state index is 12.5. The number of carbonyl (C=O) groups excluding carboxylic acids is 1. The summed E-state index contributed by atoms with van der Waals surface area (Å²) in [5, 5.41) is 7.15. The van der Waals surface area contributed by atoms with Crippen LogP contribution in [0.2, 0.25) is 0 Å². The Hall–Kier alpha value is -3.92. The van der Waals surface area contributed by atoms with Crippen LogP contribution in [0.5, 0.6) is 11.5 Å². The lowest BCUT2D eigenvalue weighted by molar-refractivity contribution is -0.153. The topological polar surface area (TPSA) is 110 Å². The van der Waals surface area contributed by atoms with Gasteiger partial charge in [-0.3, -0.25) is 4.79 Å². The van der Waals surface area contributed by atoms with Crippen LogP contribution in [0.25, 0.3) is 10.9 Å². The lowest BCUT2D eigenvalue weighted by atomic mass is 9.98. The van der Waals surface area contributed by atoms with Gasteiger partial charge in [-0.2, -0.15) is 4.99 Å². The molecule has 41 heavy (non-hydrogen) atoms. The van der Waals surface area contributed by atoms with Crippen molar-refractivity contribution in [2.24, 2.45) is 10.9 Å². The van der Waals surface area contributed by atoms with E-state index in [1.54, 1.807) is 7.11 Å². The molecule has 3 aromatic rings. The molecule has 1 saturated heterocycles. The fourth-order valence-electron chi connectivity index (χ4n) is 4.73. The molecule has 0 radical (unpaired) electrons. The smallest absolute Gasteiger partial charge is 0.325 e. The molecule has 2 N–H and O–H groups in total. The third-order valence-electron chi connectivity index (χ3n) is 6.97. The van der Waals surface area contributed by atoms with Crippen molar-refractivity contribution in [2.75, 3.05) is 45.7 Å². The molecule has 0 spiro atoms. The Morgan fingerprint density at radius 2 is 1.80 bits per heavy atom. The number of piperidine rings is 1. The summed E-state index contributed by atoms with van der Waals surface area (Å²) >= 11 is 0. The number of rotatable bonds is 8. The van der Waals surface area contributed by atoms with Gasteiger partial charge in [-0.25, -0.2) is 9.97 Å². The molecule has 1 aromatic heterocycles. The summed E-state index contributed by atoms with van der Waals surface area (Å²) in [6, 6.07) is 9.74. The quantitative estimate of drug-likeness (QED) is 0.222. The van der Waals surface area contributed by atoms with E-state index in [1.165, 1.54) is 6.33 Å². The molecule has 4 rings (SSSR count). The minimum atomic E-state index is -0.595. The summed E-state index contributed by atoms with van der Waals surface area (Å²) in [6.45, 7) is 12.2. The van der Waals surface area contributed by atoms with Crippen molar-refractivity contribution >= 4 is 34.3 Å². The Bertz CT molecular complexity index is 1370. The van der Waals surface area contributed by atoms with E-state index >= 15 is 0 Å². The number of aromatic nitrogens is 2. The van der Waals surface area contributed by atoms with Gasteiger partial charge >= 0.3 is 5.97 Å². The van der Waals surface area contributed by atoms with Gasteiger partial charge in [-0.05, 0) is 90.7 Å². The Balaban J connectivity index is 1.64. The summed E-state index contributed by atoms with van der Waals surface area (Å²) in [4.78, 5) is 28.6. The number of guanidine groups is 1. The number of anilines is 1. The van der Waals surface area contributed by atoms with Gasteiger partial charge in [0.05, 0.1) is 19.2 Å². The van der Waals surface area contributed by atoms with Crippen LogP contribution in [0, 0.1) is 19.8 Å². The second-order valence-electron chi connectivity index (χ2n) is 11.6. The van der Waals surface area contributed by atoms with E-state index in [-0.39, 0.29) is 6.54 Å². The predicted octanol–water partition coefficient (Wildman–Crippen LogP) is 5.01. The van der Waals surface area contributed by atoms with E-state index in [4.69, 9.17) is 19.2 Å². The molecular weight excluding hydrogens is 520 g/mol. The number of nitrogens with zero attached hydrogens (tertiary/aromatic N) is 4. The maximum Gasteiger partial charge on any atom is 0.325 e. The van der Waals surface area contributed by atoms with Gasteiger partial charge in [-0.15, -0.1) is 0 Å². The zero-order chi connectivity index (χ0) is 29.6. The van der Waals surface area contributed by atoms with Crippen LogP contribution in [0.3, 0.4) is 0 Å². The normalized spacial score (nSPS) is 15.0. The number of nitrogens with one attached hydrogen (secondary N) is 2. The van der Waals surface area contributed by atoms with Crippen molar-refractivity contribution in [3.8, 4) is 11.5 Å². The third-order valence-corrected chi connectivity index (χ3v) is 6.97. The molecule has 2 aromatic carbocycles. The molecular formula is C31H42N6O4. The van der Waals surface area contributed by atoms with Crippen LogP contribution in [0.15, 0.2) is 41.7 Å². The van der Waals surface area contributed by atoms with E-state index in [0.29, 0.717) is 46.7 Å². The second kappa shape index (κ2) is 13.2. The molecule has 0 saturated carbocycles. The first-order valence-corrected chi connectivity index (χ1v) is 14.0. The van der Waals surface area contributed by atoms with Crippen LogP contribution in [-0.2, 0) is 9.53 Å². The Kier molecular flexibility index (Phi) is 9.65. The highest BCUT2D eigenvalue weighted by atomic mass is 16.6. The van der Waals surface area contributed by atoms with Crippen LogP contribution >= 0.6 is 0 Å². The molecule has 1 aliphatic heterocycles. The number of aryl methyl sites for hydroxylation is 2. The molecule has 0 atom stereocenters. The molecule has 0 amide bonds. The highest BCUT2D eigenvalue weighted by molar-refractivity contribution is 6.00. The molecule has 0 unspecified atom stereocenters. The van der Waals surface area contributed by atoms with Crippen molar-refractivity contribution in [1.82, 2.24) is 20.2 Å². The van der Waals surface area contributed by atoms with Crippen molar-refractivity contribution < 1.29 is 19.0 Å². The van der Waals surface area contributed by atoms with Gasteiger partial charge in [-0.1, -0.05) is 18.2 Å². The van der Waals surface area contributed by atoms with Crippen molar-refractivity contribution in [2.45, 2.75) is 53.1 Å². The second-order valence-corrected chi connectivity index (χ2v) is 11.6. The summed E-state index contributed by atoms with van der Waals surface area (Å²) < 4.78 is 17.4. The number of likely N-dealkylation sites (tertiary alicyclic amines) is 1. The molecule has 1 aliphatic rings. The number of benzene rings is 2. The average molecular weight is 563 g/mol. The highest BCUT2D eigenvalue weighted by Crippen LogP contribution is 2.35. The zero-order valence-corrected chi connectivity index (χ0v) is 25.2. The Morgan fingerprint density at radius 1 is 1.10 bits per heavy atom. The van der Waals surface area contributed by atoms with Crippen molar-refractivity contribution in [3.05, 3.63) is 47.8 Å². The van der Waals surface area contributed by atoms with Gasteiger partial charge in [0, 0.05) is 17.1 Å². The molecule has 0 bridgehead atoms. The fraction of sp³-hybridized carbons (Fsp3) is 0.484. The number of hydrogen-bond acceptors (Lipinski definition) is 8. The van der Waals surface area contributed by atoms with E-state index in [0.717, 1.165) is 42.7 Å². The SMILES string of the molecule is COc1cc2c(/N=C(\NCC(=O)OC(C)(C)C)Nc3c(C)cccc3C)ncnc2cc1OCC1CCN(C)CC1. The molecule has 10 heteroatoms. The molecule has 0 aliphatic carbocycles. The van der Waals surface area contributed by atoms with Gasteiger partial charge in [0.2, 0.25) is 5.96 Å². The van der Waals surface area contributed by atoms with Gasteiger partial charge < -0.3 is 29.7 Å². The summed E-state index contributed by atoms with van der Waals surface area (Å²) in [6.07, 6.45) is 3.69. The largest absolute Gasteiger partial charge is 0.493 e. The lowest BCUT2D eigenvalue weighted by Gasteiger charge is -2.28. The van der Waals surface area contributed by atoms with Crippen molar-refractivity contribution in [3.63, 3.8) is 0 Å². The third kappa shape index (κ3) is 8.29. The number of aliphatic imine (C=N–C) groups is 1. The minimum Gasteiger partial charge on any atom is -0.493 e. The fourth-order valence-corrected chi connectivity index (χ4v) is 4.73. The number of hydrogen-bond donors (Lipinski definition) is 2. The number of methoxy groups -OCH3 is 1. The van der Waals surface area contributed by atoms with Crippen LogP contribution in [0.1, 0.15) is 44.7 Å². The summed E-state index contributed by atoms with van der Waals surface area (Å²) in [5.74, 6) is 2.11. The first-order chi connectivity index (χ1) is 19.5. The van der Waals surface area contributed by atoms with Gasteiger partial charge in [0.15, 0.2) is 17.3 Å². The lowest BCUT2D eigenvalue weighted by Crippen LogP contribution is -2.38. The van der Waals surface area contributed by atoms with Crippen LogP contribution < -0.4 is 20.1 Å². The van der Waals surface area contributed by atoms with E-state index in [1.807, 2.05) is 65.0 Å². The van der Waals surface area contributed by atoms with Crippen LogP contribution in [0.4, 0.5) is 11.5 Å². The van der Waals surface area contributed by atoms with Gasteiger partial charge in [0.25, 0.3) is 0 Å².